The summed E-state index contributed by atoms with van der Waals surface area (Å²) in [6.07, 6.45) is 1.48. The fourth-order valence-electron chi connectivity index (χ4n) is 3.67. The average Bonchev–Trinajstić information content (AvgIpc) is 3.03. The molecular weight excluding hydrogens is 246 g/mol. The van der Waals surface area contributed by atoms with E-state index in [0.717, 1.165) is 18.0 Å². The fourth-order valence-corrected chi connectivity index (χ4v) is 3.67. The third kappa shape index (κ3) is 2.39. The lowest BCUT2D eigenvalue weighted by Gasteiger charge is -2.34. The highest BCUT2D eigenvalue weighted by Crippen LogP contribution is 2.41. The quantitative estimate of drug-likeness (QED) is 0.907. The standard InChI is InChI=1S/C15H20F2N2/c16-15(17)12-4-2-11(3-5-12)14(8-18)19-9-10-1-6-13(19)7-10/h2-5,10,13-15H,1,6-9,18H2. The van der Waals surface area contributed by atoms with Gasteiger partial charge in [0.2, 0.25) is 0 Å². The first-order chi connectivity index (χ1) is 9.19. The normalized spacial score (nSPS) is 28.2. The van der Waals surface area contributed by atoms with E-state index in [1.165, 1.54) is 31.4 Å². The van der Waals surface area contributed by atoms with E-state index in [-0.39, 0.29) is 11.6 Å². The van der Waals surface area contributed by atoms with Crippen LogP contribution in [0.2, 0.25) is 0 Å². The van der Waals surface area contributed by atoms with Crippen LogP contribution in [0.3, 0.4) is 0 Å². The summed E-state index contributed by atoms with van der Waals surface area (Å²) in [5.74, 6) is 0.819. The van der Waals surface area contributed by atoms with Gasteiger partial charge in [-0.1, -0.05) is 24.3 Å². The van der Waals surface area contributed by atoms with E-state index in [1.54, 1.807) is 0 Å². The van der Waals surface area contributed by atoms with E-state index in [1.807, 2.05) is 12.1 Å². The molecule has 2 aliphatic rings. The number of benzene rings is 1. The number of hydrogen-bond donors (Lipinski definition) is 1. The van der Waals surface area contributed by atoms with Crippen molar-refractivity contribution in [2.24, 2.45) is 11.7 Å². The van der Waals surface area contributed by atoms with Gasteiger partial charge in [-0.25, -0.2) is 8.78 Å². The highest BCUT2D eigenvalue weighted by atomic mass is 19.3. The van der Waals surface area contributed by atoms with Crippen LogP contribution in [0.5, 0.6) is 0 Å². The number of hydrogen-bond acceptors (Lipinski definition) is 2. The highest BCUT2D eigenvalue weighted by molar-refractivity contribution is 5.26. The summed E-state index contributed by atoms with van der Waals surface area (Å²) in [7, 11) is 0. The number of fused-ring (bicyclic) bond motifs is 2. The first-order valence-electron chi connectivity index (χ1n) is 7.03. The zero-order valence-corrected chi connectivity index (χ0v) is 10.9. The summed E-state index contributed by atoms with van der Waals surface area (Å²) in [4.78, 5) is 2.48. The Morgan fingerprint density at radius 3 is 2.32 bits per heavy atom. The Hall–Kier alpha value is -1.00. The smallest absolute Gasteiger partial charge is 0.263 e. The Labute approximate surface area is 112 Å². The molecule has 1 aromatic carbocycles. The van der Waals surface area contributed by atoms with Crippen LogP contribution < -0.4 is 5.73 Å². The van der Waals surface area contributed by atoms with Crippen LogP contribution in [-0.4, -0.2) is 24.0 Å². The van der Waals surface area contributed by atoms with Gasteiger partial charge in [0.15, 0.2) is 0 Å². The lowest BCUT2D eigenvalue weighted by Crippen LogP contribution is -2.39. The SMILES string of the molecule is NCC(c1ccc(C(F)F)cc1)N1CC2CCC1C2. The van der Waals surface area contributed by atoms with Crippen molar-refractivity contribution in [2.45, 2.75) is 37.8 Å². The molecule has 2 nitrogen and oxygen atoms in total. The first kappa shape index (κ1) is 13.0. The molecule has 1 aliphatic carbocycles. The molecule has 1 aliphatic heterocycles. The Kier molecular flexibility index (Phi) is 3.54. The van der Waals surface area contributed by atoms with E-state index < -0.39 is 6.43 Å². The number of nitrogens with zero attached hydrogens (tertiary/aromatic N) is 1. The predicted octanol–water partition coefficient (Wildman–Crippen LogP) is 3.11. The topological polar surface area (TPSA) is 29.3 Å². The minimum Gasteiger partial charge on any atom is -0.329 e. The van der Waals surface area contributed by atoms with Gasteiger partial charge in [0.1, 0.15) is 0 Å². The zero-order valence-electron chi connectivity index (χ0n) is 10.9. The number of halogens is 2. The van der Waals surface area contributed by atoms with Crippen molar-refractivity contribution in [2.75, 3.05) is 13.1 Å². The van der Waals surface area contributed by atoms with Gasteiger partial charge in [-0.15, -0.1) is 0 Å². The number of nitrogens with two attached hydrogens (primary N) is 1. The number of alkyl halides is 2. The van der Waals surface area contributed by atoms with Gasteiger partial charge in [-0.2, -0.15) is 0 Å². The largest absolute Gasteiger partial charge is 0.329 e. The Morgan fingerprint density at radius 2 is 1.84 bits per heavy atom. The zero-order chi connectivity index (χ0) is 13.4. The molecule has 0 aromatic heterocycles. The van der Waals surface area contributed by atoms with Crippen molar-refractivity contribution >= 4 is 0 Å². The third-order valence-electron chi connectivity index (χ3n) is 4.65. The second-order valence-electron chi connectivity index (χ2n) is 5.75. The van der Waals surface area contributed by atoms with Gasteiger partial charge < -0.3 is 5.73 Å². The monoisotopic (exact) mass is 266 g/mol. The molecule has 104 valence electrons. The van der Waals surface area contributed by atoms with E-state index >= 15 is 0 Å². The molecule has 2 bridgehead atoms. The number of likely N-dealkylation sites (tertiary alicyclic amines) is 1. The molecule has 1 heterocycles. The molecule has 1 aromatic rings. The minimum atomic E-state index is -2.40. The summed E-state index contributed by atoms with van der Waals surface area (Å²) in [5, 5.41) is 0. The van der Waals surface area contributed by atoms with Crippen molar-refractivity contribution < 1.29 is 8.78 Å². The van der Waals surface area contributed by atoms with Crippen molar-refractivity contribution in [3.05, 3.63) is 35.4 Å². The van der Waals surface area contributed by atoms with Gasteiger partial charge in [-0.3, -0.25) is 4.90 Å². The van der Waals surface area contributed by atoms with Gasteiger partial charge in [0.05, 0.1) is 0 Å². The molecule has 2 fully saturated rings. The Bertz CT molecular complexity index is 432. The van der Waals surface area contributed by atoms with E-state index in [9.17, 15) is 8.78 Å². The molecule has 4 heteroatoms. The molecule has 1 saturated heterocycles. The number of rotatable bonds is 4. The first-order valence-corrected chi connectivity index (χ1v) is 7.03. The molecule has 0 spiro atoms. The second-order valence-corrected chi connectivity index (χ2v) is 5.75. The van der Waals surface area contributed by atoms with Crippen LogP contribution in [0, 0.1) is 5.92 Å². The number of piperidine rings is 1. The predicted molar refractivity (Wildman–Crippen MR) is 71.0 cm³/mol. The van der Waals surface area contributed by atoms with Gasteiger partial charge in [0.25, 0.3) is 6.43 Å². The molecule has 0 radical (unpaired) electrons. The Balaban J connectivity index is 1.78. The van der Waals surface area contributed by atoms with Crippen molar-refractivity contribution in [1.82, 2.24) is 4.90 Å². The molecule has 0 amide bonds. The molecule has 19 heavy (non-hydrogen) atoms. The highest BCUT2D eigenvalue weighted by Gasteiger charge is 2.40. The van der Waals surface area contributed by atoms with Crippen molar-refractivity contribution in [1.29, 1.82) is 0 Å². The average molecular weight is 266 g/mol. The van der Waals surface area contributed by atoms with E-state index in [0.29, 0.717) is 12.6 Å². The molecule has 3 atom stereocenters. The summed E-state index contributed by atoms with van der Waals surface area (Å²) in [6, 6.07) is 7.50. The maximum Gasteiger partial charge on any atom is 0.263 e. The molecular formula is C15H20F2N2. The summed E-state index contributed by atoms with van der Waals surface area (Å²) in [6.45, 7) is 1.67. The van der Waals surface area contributed by atoms with Crippen LogP contribution in [0.4, 0.5) is 8.78 Å². The fraction of sp³-hybridized carbons (Fsp3) is 0.600. The molecule has 1 saturated carbocycles. The van der Waals surface area contributed by atoms with Gasteiger partial charge in [-0.05, 0) is 30.7 Å². The summed E-state index contributed by atoms with van der Waals surface area (Å²) >= 11 is 0. The maximum absolute atomic E-state index is 12.6. The molecule has 3 unspecified atom stereocenters. The van der Waals surface area contributed by atoms with Gasteiger partial charge in [0, 0.05) is 30.7 Å². The molecule has 3 rings (SSSR count). The molecule has 2 N–H and O–H groups in total. The van der Waals surface area contributed by atoms with Crippen LogP contribution in [0.15, 0.2) is 24.3 Å². The van der Waals surface area contributed by atoms with Crippen LogP contribution in [-0.2, 0) is 0 Å². The van der Waals surface area contributed by atoms with E-state index in [2.05, 4.69) is 4.90 Å². The van der Waals surface area contributed by atoms with Crippen LogP contribution in [0.1, 0.15) is 42.9 Å². The third-order valence-corrected chi connectivity index (χ3v) is 4.65. The van der Waals surface area contributed by atoms with Crippen molar-refractivity contribution in [3.8, 4) is 0 Å². The Morgan fingerprint density at radius 1 is 1.16 bits per heavy atom. The van der Waals surface area contributed by atoms with Crippen molar-refractivity contribution in [3.63, 3.8) is 0 Å². The van der Waals surface area contributed by atoms with Gasteiger partial charge >= 0.3 is 0 Å². The maximum atomic E-state index is 12.6. The van der Waals surface area contributed by atoms with E-state index in [4.69, 9.17) is 5.73 Å². The minimum absolute atomic E-state index is 0.0856. The lowest BCUT2D eigenvalue weighted by atomic mass is 10.0. The second kappa shape index (κ2) is 5.17. The summed E-state index contributed by atoms with van der Waals surface area (Å²) < 4.78 is 25.1. The van der Waals surface area contributed by atoms with Crippen LogP contribution >= 0.6 is 0 Å². The van der Waals surface area contributed by atoms with Crippen LogP contribution in [0.25, 0.3) is 0 Å². The summed E-state index contributed by atoms with van der Waals surface area (Å²) in [5.41, 5.74) is 7.08. The lowest BCUT2D eigenvalue weighted by molar-refractivity contribution is 0.149.